The summed E-state index contributed by atoms with van der Waals surface area (Å²) in [5.74, 6) is 0. The van der Waals surface area contributed by atoms with Gasteiger partial charge in [-0.25, -0.2) is 0 Å². The van der Waals surface area contributed by atoms with E-state index in [2.05, 4.69) is 123 Å². The van der Waals surface area contributed by atoms with Crippen LogP contribution in [0, 0.1) is 6.07 Å². The molecule has 3 heterocycles. The number of aromatic nitrogens is 3. The molecule has 3 aromatic heterocycles. The summed E-state index contributed by atoms with van der Waals surface area (Å²) >= 11 is 0. The van der Waals surface area contributed by atoms with Crippen molar-refractivity contribution in [3.05, 3.63) is 128 Å². The molecule has 0 saturated heterocycles. The van der Waals surface area contributed by atoms with E-state index in [-0.39, 0.29) is 20.1 Å². The Kier molecular flexibility index (Phi) is 5.00. The molecule has 0 aliphatic heterocycles. The smallest absolute Gasteiger partial charge is 0.0608 e. The van der Waals surface area contributed by atoms with Crippen LogP contribution in [0.2, 0.25) is 0 Å². The van der Waals surface area contributed by atoms with Gasteiger partial charge in [-0.15, -0.1) is 29.7 Å². The van der Waals surface area contributed by atoms with Gasteiger partial charge in [0.15, 0.2) is 0 Å². The van der Waals surface area contributed by atoms with Crippen LogP contribution in [0.5, 0.6) is 0 Å². The van der Waals surface area contributed by atoms with Crippen molar-refractivity contribution < 1.29 is 20.1 Å². The molecule has 8 aromatic rings. The van der Waals surface area contributed by atoms with Gasteiger partial charge in [0.05, 0.1) is 16.7 Å². The van der Waals surface area contributed by atoms with Crippen LogP contribution in [0.25, 0.3) is 65.9 Å². The van der Waals surface area contributed by atoms with Gasteiger partial charge in [-0.2, -0.15) is 0 Å². The predicted molar refractivity (Wildman–Crippen MR) is 149 cm³/mol. The largest absolute Gasteiger partial charge is 0.340 e. The third-order valence-corrected chi connectivity index (χ3v) is 7.28. The molecule has 0 unspecified atom stereocenters. The first-order valence-corrected chi connectivity index (χ1v) is 12.1. The number of imidazole rings is 1. The monoisotopic (exact) mass is 651 g/mol. The normalized spacial score (nSPS) is 11.6. The molecule has 3 nitrogen and oxygen atoms in total. The molecule has 0 N–H and O–H groups in total. The number of fused-ring (bicyclic) bond motifs is 9. The second-order valence-electron chi connectivity index (χ2n) is 9.23. The summed E-state index contributed by atoms with van der Waals surface area (Å²) < 4.78 is 4.53. The molecule has 0 fully saturated rings. The van der Waals surface area contributed by atoms with E-state index in [0.29, 0.717) is 0 Å². The maximum atomic E-state index is 4.60. The molecule has 0 aliphatic rings. The number of benzene rings is 5. The van der Waals surface area contributed by atoms with Crippen molar-refractivity contribution in [3.8, 4) is 16.8 Å². The molecular formula is C33H20IrN3-. The number of pyridine rings is 1. The first-order valence-electron chi connectivity index (χ1n) is 12.1. The van der Waals surface area contributed by atoms with E-state index < -0.39 is 0 Å². The fourth-order valence-electron chi connectivity index (χ4n) is 5.70. The summed E-state index contributed by atoms with van der Waals surface area (Å²) in [6, 6.07) is 42.4. The second kappa shape index (κ2) is 8.41. The third kappa shape index (κ3) is 3.20. The van der Waals surface area contributed by atoms with Crippen LogP contribution in [0.15, 0.2) is 122 Å². The van der Waals surface area contributed by atoms with E-state index in [4.69, 9.17) is 0 Å². The van der Waals surface area contributed by atoms with E-state index in [1.165, 1.54) is 43.7 Å². The second-order valence-corrected chi connectivity index (χ2v) is 9.23. The molecule has 37 heavy (non-hydrogen) atoms. The summed E-state index contributed by atoms with van der Waals surface area (Å²) in [6.07, 6.45) is 3.89. The Morgan fingerprint density at radius 3 is 2.14 bits per heavy atom. The van der Waals surface area contributed by atoms with Crippen LogP contribution in [0.4, 0.5) is 0 Å². The number of hydrogen-bond acceptors (Lipinski definition) is 1. The van der Waals surface area contributed by atoms with Gasteiger partial charge in [0.25, 0.3) is 0 Å². The Labute approximate surface area is 227 Å². The fraction of sp³-hybridized carbons (Fsp3) is 0. The molecule has 4 heteroatoms. The van der Waals surface area contributed by atoms with Crippen LogP contribution >= 0.6 is 0 Å². The van der Waals surface area contributed by atoms with Crippen LogP contribution in [-0.2, 0) is 20.1 Å². The molecule has 0 atom stereocenters. The van der Waals surface area contributed by atoms with Gasteiger partial charge in [-0.1, -0.05) is 66.0 Å². The average Bonchev–Trinajstić information content (AvgIpc) is 3.57. The Hall–Kier alpha value is -4.24. The Bertz CT molecular complexity index is 2060. The molecule has 0 saturated carbocycles. The molecule has 8 rings (SSSR count). The summed E-state index contributed by atoms with van der Waals surface area (Å²) in [5, 5.41) is 5.97. The Morgan fingerprint density at radius 2 is 1.32 bits per heavy atom. The minimum Gasteiger partial charge on any atom is -0.340 e. The Morgan fingerprint density at radius 1 is 0.595 bits per heavy atom. The van der Waals surface area contributed by atoms with Crippen molar-refractivity contribution in [2.45, 2.75) is 0 Å². The first-order chi connectivity index (χ1) is 17.9. The van der Waals surface area contributed by atoms with Crippen LogP contribution in [0.1, 0.15) is 0 Å². The van der Waals surface area contributed by atoms with E-state index in [1.54, 1.807) is 0 Å². The van der Waals surface area contributed by atoms with Crippen LogP contribution in [0.3, 0.4) is 0 Å². The van der Waals surface area contributed by atoms with Gasteiger partial charge >= 0.3 is 0 Å². The zero-order chi connectivity index (χ0) is 23.6. The number of hydrogen-bond donors (Lipinski definition) is 0. The molecule has 0 amide bonds. The molecule has 0 bridgehead atoms. The van der Waals surface area contributed by atoms with Crippen molar-refractivity contribution in [3.63, 3.8) is 0 Å². The van der Waals surface area contributed by atoms with E-state index in [9.17, 15) is 0 Å². The van der Waals surface area contributed by atoms with Gasteiger partial charge in [0.2, 0.25) is 0 Å². The van der Waals surface area contributed by atoms with E-state index in [1.807, 2.05) is 18.5 Å². The van der Waals surface area contributed by atoms with Gasteiger partial charge in [0.1, 0.15) is 0 Å². The van der Waals surface area contributed by atoms with Crippen LogP contribution in [-0.4, -0.2) is 14.0 Å². The van der Waals surface area contributed by atoms with Crippen LogP contribution < -0.4 is 0 Å². The van der Waals surface area contributed by atoms with Gasteiger partial charge in [-0.05, 0) is 46.8 Å². The van der Waals surface area contributed by atoms with Gasteiger partial charge in [-0.3, -0.25) is 4.98 Å². The van der Waals surface area contributed by atoms with Crippen molar-refractivity contribution in [1.29, 1.82) is 0 Å². The first kappa shape index (κ1) is 22.0. The SMILES string of the molecule is [Ir].[c-]1cccc2c1c1nccn1c1ccc(-c3cccc(-n4c5ccccc5c5ccccc54)c3)cc21. The van der Waals surface area contributed by atoms with Crippen molar-refractivity contribution in [2.24, 2.45) is 0 Å². The number of nitrogens with zero attached hydrogens (tertiary/aromatic N) is 3. The third-order valence-electron chi connectivity index (χ3n) is 7.28. The zero-order valence-corrected chi connectivity index (χ0v) is 22.1. The maximum Gasteiger partial charge on any atom is 0.0608 e. The zero-order valence-electron chi connectivity index (χ0n) is 19.7. The average molecular weight is 651 g/mol. The van der Waals surface area contributed by atoms with Crippen molar-refractivity contribution >= 4 is 49.1 Å². The molecule has 0 spiro atoms. The topological polar surface area (TPSA) is 22.2 Å². The molecule has 177 valence electrons. The minimum atomic E-state index is 0. The summed E-state index contributed by atoms with van der Waals surface area (Å²) in [4.78, 5) is 4.60. The standard InChI is InChI=1S/C33H20N3.Ir/c1-2-13-28-25(10-1)29-21-23(16-17-30(29)35-19-18-34-33(28)35)22-8-7-9-24(20-22)36-31-14-5-3-11-26(31)27-12-4-6-15-32(27)36;/h1-12,14-21H;/q-1;. The summed E-state index contributed by atoms with van der Waals surface area (Å²) in [7, 11) is 0. The van der Waals surface area contributed by atoms with Gasteiger partial charge < -0.3 is 8.97 Å². The van der Waals surface area contributed by atoms with E-state index >= 15 is 0 Å². The Balaban J connectivity index is 0.00000231. The molecule has 0 aliphatic carbocycles. The molecular weight excluding hydrogens is 631 g/mol. The predicted octanol–water partition coefficient (Wildman–Crippen LogP) is 8.20. The molecule has 1 radical (unpaired) electrons. The van der Waals surface area contributed by atoms with Crippen molar-refractivity contribution in [1.82, 2.24) is 14.0 Å². The number of rotatable bonds is 2. The van der Waals surface area contributed by atoms with E-state index in [0.717, 1.165) is 22.2 Å². The summed E-state index contributed by atoms with van der Waals surface area (Å²) in [6.45, 7) is 0. The quantitative estimate of drug-likeness (QED) is 0.137. The number of para-hydroxylation sites is 2. The fourth-order valence-corrected chi connectivity index (χ4v) is 5.70. The maximum absolute atomic E-state index is 4.60. The minimum absolute atomic E-state index is 0. The molecule has 5 aromatic carbocycles. The van der Waals surface area contributed by atoms with Gasteiger partial charge in [0, 0.05) is 54.5 Å². The van der Waals surface area contributed by atoms with Crippen molar-refractivity contribution in [2.75, 3.05) is 0 Å². The summed E-state index contributed by atoms with van der Waals surface area (Å²) in [5.41, 5.74) is 8.07.